The van der Waals surface area contributed by atoms with Gasteiger partial charge in [0.15, 0.2) is 25.2 Å². The minimum atomic E-state index is -3.24. The van der Waals surface area contributed by atoms with Crippen LogP contribution in [0.4, 0.5) is 0 Å². The lowest BCUT2D eigenvalue weighted by Crippen LogP contribution is -2.71. The van der Waals surface area contributed by atoms with E-state index < -0.39 is 283 Å². The van der Waals surface area contributed by atoms with E-state index in [-0.39, 0.29) is 0 Å². The molecule has 0 aromatic carbocycles. The number of carbonyl (C=O) groups is 6. The number of aliphatic carboxylic acids is 2. The van der Waals surface area contributed by atoms with Crippen molar-refractivity contribution in [3.63, 3.8) is 0 Å². The molecule has 0 aromatic rings. The fourth-order valence-electron chi connectivity index (χ4n) is 11.4. The summed E-state index contributed by atoms with van der Waals surface area (Å²) in [6, 6.07) is -7.15. The van der Waals surface area contributed by atoms with Crippen molar-refractivity contribution in [2.45, 2.75) is 236 Å². The maximum Gasteiger partial charge on any atom is 0.364 e. The summed E-state index contributed by atoms with van der Waals surface area (Å²) in [6.07, 6.45) is -58.0. The Bertz CT molecular complexity index is 2450. The van der Waals surface area contributed by atoms with Gasteiger partial charge in [0.2, 0.25) is 23.6 Å². The van der Waals surface area contributed by atoms with E-state index in [9.17, 15) is 131 Å². The van der Waals surface area contributed by atoms with E-state index >= 15 is 0 Å². The Labute approximate surface area is 514 Å². The Morgan fingerprint density at radius 2 is 0.835 bits per heavy atom. The Hall–Kier alpha value is -4.34. The van der Waals surface area contributed by atoms with E-state index in [2.05, 4.69) is 21.3 Å². The average Bonchev–Trinajstić information content (AvgIpc) is 0.778. The molecule has 6 aliphatic rings. The van der Waals surface area contributed by atoms with Crippen LogP contribution < -0.4 is 21.3 Å². The number of hydrogen-bond donors (Lipinski definition) is 24. The highest BCUT2D eigenvalue weighted by molar-refractivity contribution is 5.77. The fourth-order valence-corrected chi connectivity index (χ4v) is 11.4. The standard InChI is InChI=1S/C50H82N4O37/c1-13(60)51-25-17(64)5-49(47(77)78,89-39(25)29(68)19(66)7-55)81-12-24-33(72)38(28(43(76)82-24)54-16(4)63)87-45-35(74)41(31(70)21(9-57)83-45)88-44-27(53-15(3)62)34(73)37(23(11-59)85-44)86-46-36(75)42(32(71)22(10-58)84-46)91-50(48(79)80)6-18(65)26(52-14(2)61)40(90-50)30(69)20(67)8-56/h17-46,55-59,64-76H,5-12H2,1-4H3,(H,51,60)(H,52,61)(H,53,62)(H,54,63)(H,77,78)(H,79,80)/t17-,18-,19+,20+,21+,22+,23+,24+,25+,26+,27+,28+,29+,30+,31-,32-,33-,34+,35+,36+,37+,38+,39+,40+,41-,42-,43-,44-,45-,46-,49+,50-/m0/s1. The first kappa shape index (κ1) is 75.7. The molecule has 0 spiro atoms. The summed E-state index contributed by atoms with van der Waals surface area (Å²) in [4.78, 5) is 75.4. The fraction of sp³-hybridized carbons (Fsp3) is 0.880. The van der Waals surface area contributed by atoms with Crippen LogP contribution in [0.25, 0.3) is 0 Å². The first-order valence-corrected chi connectivity index (χ1v) is 28.3. The van der Waals surface area contributed by atoms with Crippen molar-refractivity contribution in [2.75, 3.05) is 39.6 Å². The van der Waals surface area contributed by atoms with Gasteiger partial charge >= 0.3 is 11.9 Å². The van der Waals surface area contributed by atoms with Crippen LogP contribution in [0.3, 0.4) is 0 Å². The molecule has 32 atom stereocenters. The predicted octanol–water partition coefficient (Wildman–Crippen LogP) is -15.1. The number of aliphatic hydroxyl groups excluding tert-OH is 18. The third-order valence-corrected chi connectivity index (χ3v) is 16.0. The van der Waals surface area contributed by atoms with Crippen LogP contribution in [0.2, 0.25) is 0 Å². The number of rotatable bonds is 26. The topological polar surface area (TPSA) is 657 Å². The Kier molecular flexibility index (Phi) is 26.6. The highest BCUT2D eigenvalue weighted by Gasteiger charge is 2.62. The maximum atomic E-state index is 13.1. The molecule has 0 unspecified atom stereocenters. The van der Waals surface area contributed by atoms with E-state index in [4.69, 9.17) is 52.1 Å². The van der Waals surface area contributed by atoms with Crippen LogP contribution in [0, 0.1) is 0 Å². The van der Waals surface area contributed by atoms with Gasteiger partial charge in [0, 0.05) is 40.5 Å². The van der Waals surface area contributed by atoms with Gasteiger partial charge in [0.25, 0.3) is 11.6 Å². The van der Waals surface area contributed by atoms with Crippen molar-refractivity contribution in [2.24, 2.45) is 0 Å². The molecule has 0 aliphatic carbocycles. The largest absolute Gasteiger partial charge is 0.477 e. The summed E-state index contributed by atoms with van der Waals surface area (Å²) in [6.45, 7) is -3.12. The van der Waals surface area contributed by atoms with Gasteiger partial charge in [-0.3, -0.25) is 19.2 Å². The molecular formula is C50H82N4O37. The van der Waals surface area contributed by atoms with Gasteiger partial charge in [-0.25, -0.2) is 9.59 Å². The molecule has 0 aromatic heterocycles. The lowest BCUT2D eigenvalue weighted by molar-refractivity contribution is -0.389. The van der Waals surface area contributed by atoms with Gasteiger partial charge in [0.05, 0.1) is 63.9 Å². The van der Waals surface area contributed by atoms with E-state index in [0.717, 1.165) is 27.7 Å². The van der Waals surface area contributed by atoms with Crippen molar-refractivity contribution < 1.29 is 183 Å². The second-order valence-electron chi connectivity index (χ2n) is 22.6. The quantitative estimate of drug-likeness (QED) is 0.0382. The number of nitrogens with one attached hydrogen (secondary N) is 4. The average molecular weight is 1330 g/mol. The second kappa shape index (κ2) is 31.9. The Morgan fingerprint density at radius 1 is 0.451 bits per heavy atom. The first-order valence-electron chi connectivity index (χ1n) is 28.3. The smallest absolute Gasteiger partial charge is 0.364 e. The highest BCUT2D eigenvalue weighted by Crippen LogP contribution is 2.41. The van der Waals surface area contributed by atoms with Gasteiger partial charge in [-0.2, -0.15) is 0 Å². The number of carbonyl (C=O) groups excluding carboxylic acids is 4. The lowest BCUT2D eigenvalue weighted by Gasteiger charge is -2.51. The maximum absolute atomic E-state index is 13.1. The second-order valence-corrected chi connectivity index (χ2v) is 22.6. The normalized spacial score (nSPS) is 43.5. The minimum Gasteiger partial charge on any atom is -0.477 e. The van der Waals surface area contributed by atoms with Crippen LogP contribution >= 0.6 is 0 Å². The van der Waals surface area contributed by atoms with Gasteiger partial charge in [-0.05, 0) is 0 Å². The molecule has 4 amide bonds. The molecule has 6 rings (SSSR count). The van der Waals surface area contributed by atoms with E-state index in [1.54, 1.807) is 0 Å². The highest BCUT2D eigenvalue weighted by atomic mass is 16.8. The summed E-state index contributed by atoms with van der Waals surface area (Å²) in [5.41, 5.74) is 0. The van der Waals surface area contributed by atoms with Crippen LogP contribution in [-0.2, 0) is 80.9 Å². The molecule has 91 heavy (non-hydrogen) atoms. The van der Waals surface area contributed by atoms with Crippen LogP contribution in [0.5, 0.6) is 0 Å². The van der Waals surface area contributed by atoms with Crippen molar-refractivity contribution >= 4 is 35.6 Å². The van der Waals surface area contributed by atoms with Gasteiger partial charge in [-0.15, -0.1) is 0 Å². The van der Waals surface area contributed by atoms with E-state index in [0.29, 0.717) is 0 Å². The summed E-state index contributed by atoms with van der Waals surface area (Å²) in [5.74, 6) is -13.9. The molecule has 24 N–H and O–H groups in total. The number of amides is 4. The van der Waals surface area contributed by atoms with Crippen molar-refractivity contribution in [1.29, 1.82) is 0 Å². The Morgan fingerprint density at radius 3 is 1.29 bits per heavy atom. The molecule has 6 saturated heterocycles. The molecule has 6 fully saturated rings. The van der Waals surface area contributed by atoms with Crippen molar-refractivity contribution in [3.05, 3.63) is 0 Å². The summed E-state index contributed by atoms with van der Waals surface area (Å²) >= 11 is 0. The van der Waals surface area contributed by atoms with Crippen molar-refractivity contribution in [3.8, 4) is 0 Å². The van der Waals surface area contributed by atoms with E-state index in [1.165, 1.54) is 0 Å². The number of ether oxygens (including phenoxy) is 11. The van der Waals surface area contributed by atoms with E-state index in [1.807, 2.05) is 0 Å². The summed E-state index contributed by atoms with van der Waals surface area (Å²) < 4.78 is 63.0. The van der Waals surface area contributed by atoms with Gasteiger partial charge in [-0.1, -0.05) is 0 Å². The molecule has 0 radical (unpaired) electrons. The van der Waals surface area contributed by atoms with Crippen molar-refractivity contribution in [1.82, 2.24) is 21.3 Å². The molecule has 41 nitrogen and oxygen atoms in total. The van der Waals surface area contributed by atoms with Gasteiger partial charge < -0.3 is 176 Å². The Balaban J connectivity index is 1.25. The zero-order valence-electron chi connectivity index (χ0n) is 48.9. The first-order chi connectivity index (χ1) is 42.6. The molecule has 6 aliphatic heterocycles. The molecule has 0 saturated carbocycles. The SMILES string of the molecule is CC(=O)N[C@@H]1[C@@H](O[C@@H]2O[C@H](CO)[C@H](O)[C@H](O[C@@H]3O[C@H](CO)[C@@H](O[C@@H]4O[C@H](CO)[C@H](O)[C@H](O[C@]5(C(=O)O)C[C@H](O)[C@@H](NC(C)=O)[C@H]([C@H](O)[C@H](O)CO)O5)[C@H]4O)[C@H](O)[C@H]3NC(C)=O)[C@H]2O)[C@@H](O)[C@@H](CO[C@]2(C(=O)O)C[C@H](O)[C@@H](NC(C)=O)[C@H]([C@H](O)[C@H](O)CO)O2)O[C@@H]1O. The summed E-state index contributed by atoms with van der Waals surface area (Å²) in [7, 11) is 0. The number of aliphatic hydroxyl groups is 18. The zero-order valence-corrected chi connectivity index (χ0v) is 48.9. The molecule has 6 heterocycles. The van der Waals surface area contributed by atoms with Crippen LogP contribution in [0.15, 0.2) is 0 Å². The molecular weight excluding hydrogens is 1250 g/mol. The zero-order chi connectivity index (χ0) is 68.0. The third-order valence-electron chi connectivity index (χ3n) is 16.0. The summed E-state index contributed by atoms with van der Waals surface area (Å²) in [5, 5.41) is 227. The predicted molar refractivity (Wildman–Crippen MR) is 280 cm³/mol. The van der Waals surface area contributed by atoms with Gasteiger partial charge in [0.1, 0.15) is 134 Å². The molecule has 41 heteroatoms. The minimum absolute atomic E-state index is 0.814. The molecule has 524 valence electrons. The number of hydrogen-bond acceptors (Lipinski definition) is 35. The van der Waals surface area contributed by atoms with Crippen LogP contribution in [-0.4, -0.2) is 373 Å². The monoisotopic (exact) mass is 1330 g/mol. The third kappa shape index (κ3) is 16.8. The van der Waals surface area contributed by atoms with Crippen LogP contribution in [0.1, 0.15) is 40.5 Å². The molecule has 0 bridgehead atoms. The number of carboxylic acids is 2. The lowest BCUT2D eigenvalue weighted by atomic mass is 9.88. The number of carboxylic acid groups (broad SMARTS) is 2.